The van der Waals surface area contributed by atoms with Crippen LogP contribution in [0.1, 0.15) is 13.8 Å². The number of nitriles is 1. The summed E-state index contributed by atoms with van der Waals surface area (Å²) < 4.78 is 5.81. The highest BCUT2D eigenvalue weighted by Crippen LogP contribution is 2.29. The lowest BCUT2D eigenvalue weighted by Crippen LogP contribution is -2.44. The number of hydrogen-bond acceptors (Lipinski definition) is 7. The third-order valence-electron chi connectivity index (χ3n) is 4.55. The Kier molecular flexibility index (Phi) is 4.50. The number of rotatable bonds is 4. The molecule has 1 aliphatic rings. The molecule has 1 aromatic carbocycles. The fraction of sp³-hybridized carbons (Fsp3) is 0.368. The summed E-state index contributed by atoms with van der Waals surface area (Å²) in [5.41, 5.74) is 2.47. The second-order valence-corrected chi connectivity index (χ2v) is 6.78. The van der Waals surface area contributed by atoms with Gasteiger partial charge in [0, 0.05) is 37.6 Å². The van der Waals surface area contributed by atoms with Crippen molar-refractivity contribution in [2.75, 3.05) is 31.1 Å². The zero-order valence-corrected chi connectivity index (χ0v) is 15.4. The van der Waals surface area contributed by atoms with Crippen molar-refractivity contribution in [2.24, 2.45) is 0 Å². The summed E-state index contributed by atoms with van der Waals surface area (Å²) in [4.78, 5) is 12.8. The second kappa shape index (κ2) is 7.11. The Morgan fingerprint density at radius 1 is 1.15 bits per heavy atom. The highest BCUT2D eigenvalue weighted by atomic mass is 16.5. The summed E-state index contributed by atoms with van der Waals surface area (Å²) in [5.74, 6) is 1.66. The van der Waals surface area contributed by atoms with Crippen molar-refractivity contribution in [2.45, 2.75) is 20.0 Å². The van der Waals surface area contributed by atoms with Crippen LogP contribution >= 0.6 is 0 Å². The fourth-order valence-corrected chi connectivity index (χ4v) is 3.22. The number of aromatic nitrogens is 4. The number of anilines is 1. The maximum Gasteiger partial charge on any atom is 0.179 e. The first-order chi connectivity index (χ1) is 13.1. The number of aromatic amines is 1. The van der Waals surface area contributed by atoms with Crippen LogP contribution in [0.3, 0.4) is 0 Å². The Balaban J connectivity index is 1.65. The molecule has 1 aliphatic heterocycles. The van der Waals surface area contributed by atoms with Crippen molar-refractivity contribution >= 4 is 16.7 Å². The molecule has 1 N–H and O–H groups in total. The van der Waals surface area contributed by atoms with E-state index in [1.165, 1.54) is 0 Å². The minimum atomic E-state index is 0.107. The van der Waals surface area contributed by atoms with E-state index < -0.39 is 0 Å². The maximum absolute atomic E-state index is 9.00. The molecule has 0 saturated carbocycles. The summed E-state index contributed by atoms with van der Waals surface area (Å²) >= 11 is 0. The number of H-pyrrole nitrogens is 1. The third kappa shape index (κ3) is 3.49. The first-order valence-corrected chi connectivity index (χ1v) is 9.01. The van der Waals surface area contributed by atoms with Gasteiger partial charge in [0.2, 0.25) is 0 Å². The highest BCUT2D eigenvalue weighted by molar-refractivity contribution is 5.93. The number of ether oxygens (including phenoxy) is 1. The lowest BCUT2D eigenvalue weighted by atomic mass is 10.1. The molecule has 2 aromatic heterocycles. The van der Waals surface area contributed by atoms with Crippen LogP contribution in [0.15, 0.2) is 30.6 Å². The molecule has 0 radical (unpaired) electrons. The van der Waals surface area contributed by atoms with Gasteiger partial charge in [-0.25, -0.2) is 9.97 Å². The molecule has 1 saturated heterocycles. The molecule has 138 valence electrons. The minimum Gasteiger partial charge on any atom is -0.491 e. The Morgan fingerprint density at radius 2 is 1.96 bits per heavy atom. The smallest absolute Gasteiger partial charge is 0.179 e. The average molecular weight is 363 g/mol. The summed E-state index contributed by atoms with van der Waals surface area (Å²) in [7, 11) is 0. The normalized spacial score (nSPS) is 14.6. The van der Waals surface area contributed by atoms with Crippen LogP contribution in [-0.4, -0.2) is 57.3 Å². The van der Waals surface area contributed by atoms with Crippen molar-refractivity contribution in [1.82, 2.24) is 25.1 Å². The van der Waals surface area contributed by atoms with Gasteiger partial charge >= 0.3 is 0 Å². The molecule has 0 aliphatic carbocycles. The molecule has 4 rings (SSSR count). The standard InChI is InChI=1S/C19H21N7O/c1-13(2)27-14-3-4-16-15(9-14)19(24-23-16)17-10-18(22-12-21-17)26-7-5-25(11-20)6-8-26/h3-4,9-10,12-13H,5-8H2,1-2H3,(H,23,24). The van der Waals surface area contributed by atoms with Crippen molar-refractivity contribution in [3.05, 3.63) is 30.6 Å². The van der Waals surface area contributed by atoms with Crippen LogP contribution in [0.4, 0.5) is 5.82 Å². The van der Waals surface area contributed by atoms with Gasteiger partial charge in [-0.05, 0) is 32.0 Å². The summed E-state index contributed by atoms with van der Waals surface area (Å²) in [6, 6.07) is 7.84. The summed E-state index contributed by atoms with van der Waals surface area (Å²) in [6.45, 7) is 6.94. The van der Waals surface area contributed by atoms with Crippen LogP contribution in [-0.2, 0) is 0 Å². The van der Waals surface area contributed by atoms with E-state index in [9.17, 15) is 0 Å². The van der Waals surface area contributed by atoms with Gasteiger partial charge in [-0.1, -0.05) is 0 Å². The molecule has 8 heteroatoms. The van der Waals surface area contributed by atoms with Gasteiger partial charge in [0.1, 0.15) is 23.6 Å². The average Bonchev–Trinajstić information content (AvgIpc) is 3.11. The lowest BCUT2D eigenvalue weighted by molar-refractivity contribution is 0.243. The number of hydrogen-bond donors (Lipinski definition) is 1. The van der Waals surface area contributed by atoms with E-state index in [0.717, 1.165) is 46.9 Å². The molecule has 1 fully saturated rings. The van der Waals surface area contributed by atoms with Crippen LogP contribution in [0.5, 0.6) is 5.75 Å². The first kappa shape index (κ1) is 17.1. The fourth-order valence-electron chi connectivity index (χ4n) is 3.22. The number of nitrogens with one attached hydrogen (secondary N) is 1. The monoisotopic (exact) mass is 363 g/mol. The molecular weight excluding hydrogens is 342 g/mol. The van der Waals surface area contributed by atoms with Gasteiger partial charge in [-0.2, -0.15) is 10.4 Å². The molecule has 0 amide bonds. The number of benzene rings is 1. The van der Waals surface area contributed by atoms with Gasteiger partial charge in [-0.3, -0.25) is 5.10 Å². The third-order valence-corrected chi connectivity index (χ3v) is 4.55. The zero-order valence-electron chi connectivity index (χ0n) is 15.4. The quantitative estimate of drug-likeness (QED) is 0.711. The van der Waals surface area contributed by atoms with Gasteiger partial charge in [0.05, 0.1) is 17.3 Å². The predicted octanol–water partition coefficient (Wildman–Crippen LogP) is 2.41. The molecule has 3 heterocycles. The Labute approximate surface area is 157 Å². The van der Waals surface area contributed by atoms with Gasteiger partial charge < -0.3 is 14.5 Å². The molecule has 0 atom stereocenters. The zero-order chi connectivity index (χ0) is 18.8. The Hall–Kier alpha value is -3.34. The van der Waals surface area contributed by atoms with Crippen molar-refractivity contribution in [3.8, 4) is 23.3 Å². The lowest BCUT2D eigenvalue weighted by Gasteiger charge is -2.32. The first-order valence-electron chi connectivity index (χ1n) is 9.01. The summed E-state index contributed by atoms with van der Waals surface area (Å²) in [5, 5.41) is 17.5. The van der Waals surface area contributed by atoms with Gasteiger partial charge in [0.15, 0.2) is 6.19 Å². The van der Waals surface area contributed by atoms with E-state index in [-0.39, 0.29) is 6.10 Å². The van der Waals surface area contributed by atoms with Crippen LogP contribution in [0.2, 0.25) is 0 Å². The number of nitrogens with zero attached hydrogens (tertiary/aromatic N) is 6. The minimum absolute atomic E-state index is 0.107. The van der Waals surface area contributed by atoms with Crippen LogP contribution in [0, 0.1) is 11.5 Å². The van der Waals surface area contributed by atoms with E-state index in [1.807, 2.05) is 38.1 Å². The second-order valence-electron chi connectivity index (χ2n) is 6.78. The number of piperazine rings is 1. The van der Waals surface area contributed by atoms with Gasteiger partial charge in [-0.15, -0.1) is 0 Å². The molecule has 3 aromatic rings. The van der Waals surface area contributed by atoms with E-state index in [0.29, 0.717) is 13.1 Å². The summed E-state index contributed by atoms with van der Waals surface area (Å²) in [6.07, 6.45) is 3.87. The molecule has 0 bridgehead atoms. The molecule has 0 spiro atoms. The van der Waals surface area contributed by atoms with Crippen LogP contribution < -0.4 is 9.64 Å². The van der Waals surface area contributed by atoms with Crippen molar-refractivity contribution < 1.29 is 4.74 Å². The molecule has 0 unspecified atom stereocenters. The van der Waals surface area contributed by atoms with Crippen LogP contribution in [0.25, 0.3) is 22.3 Å². The van der Waals surface area contributed by atoms with Crippen molar-refractivity contribution in [3.63, 3.8) is 0 Å². The molecule has 27 heavy (non-hydrogen) atoms. The Morgan fingerprint density at radius 3 is 2.70 bits per heavy atom. The predicted molar refractivity (Wildman–Crippen MR) is 102 cm³/mol. The highest BCUT2D eigenvalue weighted by Gasteiger charge is 2.19. The van der Waals surface area contributed by atoms with E-state index in [1.54, 1.807) is 11.2 Å². The Bertz CT molecular complexity index is 983. The van der Waals surface area contributed by atoms with E-state index in [4.69, 9.17) is 10.00 Å². The number of fused-ring (bicyclic) bond motifs is 1. The largest absolute Gasteiger partial charge is 0.491 e. The SMILES string of the molecule is CC(C)Oc1ccc2[nH]nc(-c3cc(N4CCN(C#N)CC4)ncn3)c2c1. The van der Waals surface area contributed by atoms with E-state index in [2.05, 4.69) is 31.3 Å². The molecule has 8 nitrogen and oxygen atoms in total. The van der Waals surface area contributed by atoms with Gasteiger partial charge in [0.25, 0.3) is 0 Å². The van der Waals surface area contributed by atoms with E-state index >= 15 is 0 Å². The molecular formula is C19H21N7O. The van der Waals surface area contributed by atoms with Crippen molar-refractivity contribution in [1.29, 1.82) is 5.26 Å². The topological polar surface area (TPSA) is 94.0 Å². The maximum atomic E-state index is 9.00.